The van der Waals surface area contributed by atoms with Crippen molar-refractivity contribution in [3.8, 4) is 0 Å². The van der Waals surface area contributed by atoms with Gasteiger partial charge in [0.25, 0.3) is 11.8 Å². The largest absolute Gasteiger partial charge is 0.478 e. The van der Waals surface area contributed by atoms with Crippen molar-refractivity contribution in [2.24, 2.45) is 5.73 Å². The van der Waals surface area contributed by atoms with Crippen LogP contribution in [-0.4, -0.2) is 51.7 Å². The second-order valence-corrected chi connectivity index (χ2v) is 10.2. The predicted octanol–water partition coefficient (Wildman–Crippen LogP) is 3.78. The van der Waals surface area contributed by atoms with Gasteiger partial charge in [-0.15, -0.1) is 0 Å². The Kier molecular flexibility index (Phi) is 6.90. The summed E-state index contributed by atoms with van der Waals surface area (Å²) in [5, 5.41) is 19.7. The number of hydrogen-bond donors (Lipinski definition) is 4. The first-order chi connectivity index (χ1) is 18.2. The maximum atomic E-state index is 13.8. The number of carbonyl (C=O) groups is 3. The topological polar surface area (TPSA) is 140 Å². The molecule has 3 aromatic rings. The zero-order chi connectivity index (χ0) is 27.0. The summed E-state index contributed by atoms with van der Waals surface area (Å²) in [6.45, 7) is 1.49. The molecule has 0 saturated heterocycles. The number of carbonyl (C=O) groups excluding carboxylic acids is 2. The molecule has 194 valence electrons. The zero-order valence-corrected chi connectivity index (χ0v) is 22.0. The summed E-state index contributed by atoms with van der Waals surface area (Å²) in [4.78, 5) is 42.1. The summed E-state index contributed by atoms with van der Waals surface area (Å²) in [5.74, 6) is -1.64. The van der Waals surface area contributed by atoms with Crippen molar-refractivity contribution in [3.05, 3.63) is 98.5 Å². The van der Waals surface area contributed by atoms with Gasteiger partial charge in [0.05, 0.1) is 5.56 Å². The number of carboxylic acids is 1. The number of guanidine groups is 1. The van der Waals surface area contributed by atoms with Crippen LogP contribution in [-0.2, 0) is 24.2 Å². The Morgan fingerprint density at radius 1 is 0.974 bits per heavy atom. The smallest absolute Gasteiger partial charge is 0.335 e. The molecule has 0 radical (unpaired) electrons. The fourth-order valence-corrected chi connectivity index (χ4v) is 5.67. The molecule has 10 heteroatoms. The van der Waals surface area contributed by atoms with Crippen LogP contribution in [0.25, 0.3) is 0 Å². The minimum atomic E-state index is -1.05. The van der Waals surface area contributed by atoms with Crippen molar-refractivity contribution in [1.29, 1.82) is 5.41 Å². The molecule has 2 aliphatic heterocycles. The molecule has 0 spiro atoms. The first-order valence-electron chi connectivity index (χ1n) is 12.2. The molecule has 0 aromatic heterocycles. The lowest BCUT2D eigenvalue weighted by Gasteiger charge is -2.37. The van der Waals surface area contributed by atoms with Crippen LogP contribution in [0.2, 0.25) is 0 Å². The highest BCUT2D eigenvalue weighted by molar-refractivity contribution is 9.10. The molecule has 5 N–H and O–H groups in total. The highest BCUT2D eigenvalue weighted by atomic mass is 79.9. The van der Waals surface area contributed by atoms with Gasteiger partial charge in [-0.2, -0.15) is 0 Å². The third-order valence-electron chi connectivity index (χ3n) is 7.08. The molecule has 0 bridgehead atoms. The Morgan fingerprint density at radius 3 is 2.42 bits per heavy atom. The zero-order valence-electron chi connectivity index (χ0n) is 20.4. The number of fused-ring (bicyclic) bond motifs is 2. The lowest BCUT2D eigenvalue weighted by molar-refractivity contribution is -0.121. The fraction of sp³-hybridized carbons (Fsp3) is 0.214. The van der Waals surface area contributed by atoms with Crippen molar-refractivity contribution >= 4 is 45.4 Å². The molecule has 3 aromatic carbocycles. The quantitative estimate of drug-likeness (QED) is 0.276. The normalized spacial score (nSPS) is 16.3. The highest BCUT2D eigenvalue weighted by Crippen LogP contribution is 2.36. The van der Waals surface area contributed by atoms with Crippen molar-refractivity contribution in [2.45, 2.75) is 25.4 Å². The average Bonchev–Trinajstić information content (AvgIpc) is 2.91. The Hall–Kier alpha value is -4.18. The van der Waals surface area contributed by atoms with Crippen LogP contribution in [0, 0.1) is 5.41 Å². The van der Waals surface area contributed by atoms with Gasteiger partial charge in [-0.1, -0.05) is 34.1 Å². The average molecular weight is 576 g/mol. The van der Waals surface area contributed by atoms with Gasteiger partial charge < -0.3 is 26.0 Å². The first kappa shape index (κ1) is 25.5. The number of aromatic carboxylic acids is 1. The van der Waals surface area contributed by atoms with Crippen molar-refractivity contribution in [2.75, 3.05) is 18.4 Å². The molecular weight excluding hydrogens is 550 g/mol. The summed E-state index contributed by atoms with van der Waals surface area (Å²) < 4.78 is 0.884. The van der Waals surface area contributed by atoms with E-state index in [-0.39, 0.29) is 23.3 Å². The lowest BCUT2D eigenvalue weighted by Crippen LogP contribution is -2.45. The van der Waals surface area contributed by atoms with E-state index in [2.05, 4.69) is 21.2 Å². The van der Waals surface area contributed by atoms with Gasteiger partial charge in [-0.3, -0.25) is 15.0 Å². The van der Waals surface area contributed by atoms with Gasteiger partial charge >= 0.3 is 5.97 Å². The van der Waals surface area contributed by atoms with E-state index in [4.69, 9.17) is 16.2 Å². The third-order valence-corrected chi connectivity index (χ3v) is 7.82. The number of benzene rings is 3. The van der Waals surface area contributed by atoms with Crippen molar-refractivity contribution in [1.82, 2.24) is 9.80 Å². The van der Waals surface area contributed by atoms with Gasteiger partial charge in [-0.25, -0.2) is 4.79 Å². The van der Waals surface area contributed by atoms with Gasteiger partial charge in [0.15, 0.2) is 5.96 Å². The SMILES string of the molecule is N=C(N)N1CCc2cc(C(=O)N3CCc4c(Br)cccc4C3C(=O)Nc3ccc(C(=O)O)cc3)ccc2C1. The number of nitrogens with one attached hydrogen (secondary N) is 2. The van der Waals surface area contributed by atoms with Crippen molar-refractivity contribution < 1.29 is 19.5 Å². The van der Waals surface area contributed by atoms with E-state index in [0.29, 0.717) is 43.7 Å². The highest BCUT2D eigenvalue weighted by Gasteiger charge is 2.37. The summed E-state index contributed by atoms with van der Waals surface area (Å²) in [5.41, 5.74) is 10.5. The van der Waals surface area contributed by atoms with E-state index in [0.717, 1.165) is 26.7 Å². The molecular formula is C28H26BrN5O4. The molecule has 0 aliphatic carbocycles. The first-order valence-corrected chi connectivity index (χ1v) is 13.0. The molecule has 38 heavy (non-hydrogen) atoms. The standard InChI is InChI=1S/C28H26BrN5O4/c29-23-3-1-2-22-21(23)11-13-34(24(22)25(35)32-20-8-6-16(7-9-20)27(37)38)26(36)18-4-5-19-15-33(28(30)31)12-10-17(19)14-18/h1-9,14,24H,10-13,15H2,(H3,30,31)(H,32,35)(H,37,38). The third kappa shape index (κ3) is 4.87. The van der Waals surface area contributed by atoms with Crippen LogP contribution in [0.1, 0.15) is 49.0 Å². The number of carboxylic acid groups (broad SMARTS) is 1. The second-order valence-electron chi connectivity index (χ2n) is 9.37. The second kappa shape index (κ2) is 10.3. The number of hydrogen-bond acceptors (Lipinski definition) is 4. The van der Waals surface area contributed by atoms with Crippen molar-refractivity contribution in [3.63, 3.8) is 0 Å². The van der Waals surface area contributed by atoms with Crippen LogP contribution in [0.4, 0.5) is 5.69 Å². The molecule has 1 unspecified atom stereocenters. The summed E-state index contributed by atoms with van der Waals surface area (Å²) in [6.07, 6.45) is 1.26. The van der Waals surface area contributed by atoms with Crippen LogP contribution in [0.15, 0.2) is 65.1 Å². The summed E-state index contributed by atoms with van der Waals surface area (Å²) >= 11 is 3.59. The van der Waals surface area contributed by atoms with E-state index < -0.39 is 12.0 Å². The maximum Gasteiger partial charge on any atom is 0.335 e. The van der Waals surface area contributed by atoms with E-state index >= 15 is 0 Å². The minimum Gasteiger partial charge on any atom is -0.478 e. The Bertz CT molecular complexity index is 1460. The summed E-state index contributed by atoms with van der Waals surface area (Å²) in [7, 11) is 0. The predicted molar refractivity (Wildman–Crippen MR) is 146 cm³/mol. The molecule has 1 atom stereocenters. The van der Waals surface area contributed by atoms with E-state index in [9.17, 15) is 14.4 Å². The molecule has 5 rings (SSSR count). The molecule has 0 saturated carbocycles. The van der Waals surface area contributed by atoms with Gasteiger partial charge in [-0.05, 0) is 77.6 Å². The van der Waals surface area contributed by atoms with Crippen LogP contribution in [0.3, 0.4) is 0 Å². The van der Waals surface area contributed by atoms with Crippen LogP contribution < -0.4 is 11.1 Å². The lowest BCUT2D eigenvalue weighted by atomic mass is 9.90. The molecule has 9 nitrogen and oxygen atoms in total. The summed E-state index contributed by atoms with van der Waals surface area (Å²) in [6, 6.07) is 16.2. The molecule has 0 fully saturated rings. The number of nitrogens with two attached hydrogens (primary N) is 1. The van der Waals surface area contributed by atoms with E-state index in [1.165, 1.54) is 24.3 Å². The fourth-order valence-electron chi connectivity index (χ4n) is 5.09. The van der Waals surface area contributed by atoms with Gasteiger partial charge in [0.1, 0.15) is 6.04 Å². The van der Waals surface area contributed by atoms with E-state index in [1.54, 1.807) is 15.9 Å². The maximum absolute atomic E-state index is 13.8. The Balaban J connectivity index is 1.45. The Labute approximate surface area is 227 Å². The monoisotopic (exact) mass is 575 g/mol. The molecule has 2 heterocycles. The minimum absolute atomic E-state index is 0.0281. The number of amides is 2. The number of rotatable bonds is 4. The van der Waals surface area contributed by atoms with E-state index in [1.807, 2.05) is 30.3 Å². The number of nitrogens with zero attached hydrogens (tertiary/aromatic N) is 2. The molecule has 2 aliphatic rings. The van der Waals surface area contributed by atoms with Gasteiger partial charge in [0, 0.05) is 35.4 Å². The number of halogens is 1. The van der Waals surface area contributed by atoms with Crippen LogP contribution in [0.5, 0.6) is 0 Å². The van der Waals surface area contributed by atoms with Crippen LogP contribution >= 0.6 is 15.9 Å². The molecule has 2 amide bonds. The number of anilines is 1. The van der Waals surface area contributed by atoms with Gasteiger partial charge in [0.2, 0.25) is 0 Å². The Morgan fingerprint density at radius 2 is 1.71 bits per heavy atom.